The minimum Gasteiger partial charge on any atom is -0.491 e. The molecule has 3 aromatic rings. The number of fused-ring (bicyclic) bond motifs is 1. The van der Waals surface area contributed by atoms with E-state index in [1.165, 1.54) is 3.97 Å². The summed E-state index contributed by atoms with van der Waals surface area (Å²) in [7, 11) is -3.75. The van der Waals surface area contributed by atoms with E-state index < -0.39 is 10.0 Å². The lowest BCUT2D eigenvalue weighted by molar-refractivity contribution is 0.341. The van der Waals surface area contributed by atoms with Gasteiger partial charge in [-0.2, -0.15) is 0 Å². The van der Waals surface area contributed by atoms with Gasteiger partial charge >= 0.3 is 0 Å². The van der Waals surface area contributed by atoms with Crippen LogP contribution in [0.15, 0.2) is 51.8 Å². The summed E-state index contributed by atoms with van der Waals surface area (Å²) >= 11 is 3.38. The van der Waals surface area contributed by atoms with Crippen molar-refractivity contribution in [2.75, 3.05) is 6.61 Å². The summed E-state index contributed by atoms with van der Waals surface area (Å²) in [4.78, 5) is 0.236. The number of aryl methyl sites for hydroxylation is 1. The van der Waals surface area contributed by atoms with Crippen molar-refractivity contribution in [3.63, 3.8) is 0 Å². The molecule has 0 aliphatic heterocycles. The fraction of sp³-hybridized carbons (Fsp3) is 0.222. The molecule has 0 saturated heterocycles. The zero-order valence-electron chi connectivity index (χ0n) is 13.7. The topological polar surface area (TPSA) is 48.3 Å². The molecular weight excluding hydrogens is 390 g/mol. The molecule has 3 rings (SSSR count). The van der Waals surface area contributed by atoms with E-state index in [2.05, 4.69) is 15.9 Å². The van der Waals surface area contributed by atoms with Crippen LogP contribution in [-0.2, 0) is 10.0 Å². The number of hydrogen-bond donors (Lipinski definition) is 0. The van der Waals surface area contributed by atoms with Crippen molar-refractivity contribution in [1.29, 1.82) is 0 Å². The molecule has 4 nitrogen and oxygen atoms in total. The second-order valence-electron chi connectivity index (χ2n) is 5.57. The average Bonchev–Trinajstić information content (AvgIpc) is 2.80. The minimum absolute atomic E-state index is 0.236. The molecule has 0 atom stereocenters. The highest BCUT2D eigenvalue weighted by atomic mass is 79.9. The quantitative estimate of drug-likeness (QED) is 0.631. The summed E-state index contributed by atoms with van der Waals surface area (Å²) in [6, 6.07) is 12.6. The lowest BCUT2D eigenvalue weighted by Gasteiger charge is -2.12. The molecule has 126 valence electrons. The van der Waals surface area contributed by atoms with Crippen LogP contribution in [0.25, 0.3) is 10.9 Å². The monoisotopic (exact) mass is 407 g/mol. The van der Waals surface area contributed by atoms with Gasteiger partial charge in [-0.3, -0.25) is 0 Å². The Kier molecular flexibility index (Phi) is 4.44. The first-order valence-corrected chi connectivity index (χ1v) is 9.85. The maximum absolute atomic E-state index is 13.3. The highest BCUT2D eigenvalue weighted by Gasteiger charge is 2.27. The molecule has 0 aliphatic rings. The molecular formula is C18H18BrNO3S. The molecule has 0 amide bonds. The van der Waals surface area contributed by atoms with Crippen molar-refractivity contribution in [3.05, 3.63) is 58.2 Å². The molecule has 0 N–H and O–H groups in total. The Labute approximate surface area is 150 Å². The van der Waals surface area contributed by atoms with Crippen molar-refractivity contribution in [2.24, 2.45) is 0 Å². The third-order valence-electron chi connectivity index (χ3n) is 3.90. The van der Waals surface area contributed by atoms with Crippen LogP contribution in [-0.4, -0.2) is 19.0 Å². The van der Waals surface area contributed by atoms with Crippen molar-refractivity contribution in [2.45, 2.75) is 25.7 Å². The first kappa shape index (κ1) is 17.0. The van der Waals surface area contributed by atoms with Crippen LogP contribution in [0.3, 0.4) is 0 Å². The van der Waals surface area contributed by atoms with E-state index in [9.17, 15) is 8.42 Å². The molecule has 6 heteroatoms. The number of halogens is 1. The van der Waals surface area contributed by atoms with Gasteiger partial charge in [-0.25, -0.2) is 12.4 Å². The number of aromatic nitrogens is 1. The molecule has 0 unspecified atom stereocenters. The van der Waals surface area contributed by atoms with Crippen LogP contribution in [0.5, 0.6) is 5.75 Å². The molecule has 1 aromatic heterocycles. The van der Waals surface area contributed by atoms with E-state index >= 15 is 0 Å². The molecule has 1 heterocycles. The molecule has 24 heavy (non-hydrogen) atoms. The van der Waals surface area contributed by atoms with Crippen molar-refractivity contribution < 1.29 is 13.2 Å². The standard InChI is InChI=1S/C18H18BrNO3S/c1-4-23-18-13(3)20(16-8-6-5-7-14(16)18)24(21,22)17-10-9-12(2)11-15(17)19/h5-11H,4H2,1-3H3. The molecule has 0 spiro atoms. The molecule has 0 bridgehead atoms. The molecule has 0 saturated carbocycles. The van der Waals surface area contributed by atoms with Crippen LogP contribution >= 0.6 is 15.9 Å². The predicted octanol–water partition coefficient (Wildman–Crippen LogP) is 4.66. The Morgan fingerprint density at radius 3 is 2.50 bits per heavy atom. The zero-order valence-corrected chi connectivity index (χ0v) is 16.1. The third kappa shape index (κ3) is 2.63. The fourth-order valence-electron chi connectivity index (χ4n) is 2.86. The van der Waals surface area contributed by atoms with E-state index in [1.54, 1.807) is 31.2 Å². The third-order valence-corrected chi connectivity index (χ3v) is 6.68. The molecule has 0 radical (unpaired) electrons. The SMILES string of the molecule is CCOc1c(C)n(S(=O)(=O)c2ccc(C)cc2Br)c2ccccc12. The maximum atomic E-state index is 13.3. The Morgan fingerprint density at radius 1 is 1.12 bits per heavy atom. The summed E-state index contributed by atoms with van der Waals surface area (Å²) < 4.78 is 34.2. The van der Waals surface area contributed by atoms with Gasteiger partial charge in [0.2, 0.25) is 0 Å². The van der Waals surface area contributed by atoms with E-state index in [1.807, 2.05) is 32.0 Å². The Morgan fingerprint density at radius 2 is 1.83 bits per heavy atom. The van der Waals surface area contributed by atoms with Gasteiger partial charge < -0.3 is 4.74 Å². The van der Waals surface area contributed by atoms with Crippen LogP contribution < -0.4 is 4.74 Å². The number of hydrogen-bond acceptors (Lipinski definition) is 3. The number of benzene rings is 2. The lowest BCUT2D eigenvalue weighted by Crippen LogP contribution is -2.15. The van der Waals surface area contributed by atoms with E-state index in [-0.39, 0.29) is 4.90 Å². The van der Waals surface area contributed by atoms with Crippen LogP contribution in [0, 0.1) is 13.8 Å². The highest BCUT2D eigenvalue weighted by Crippen LogP contribution is 2.36. The molecule has 2 aromatic carbocycles. The Bertz CT molecular complexity index is 1020. The van der Waals surface area contributed by atoms with Gasteiger partial charge in [0, 0.05) is 9.86 Å². The lowest BCUT2D eigenvalue weighted by atomic mass is 10.2. The van der Waals surface area contributed by atoms with E-state index in [4.69, 9.17) is 4.74 Å². The van der Waals surface area contributed by atoms with Gasteiger partial charge in [-0.15, -0.1) is 0 Å². The predicted molar refractivity (Wildman–Crippen MR) is 99.3 cm³/mol. The summed E-state index contributed by atoms with van der Waals surface area (Å²) in [5.41, 5.74) is 2.18. The first-order chi connectivity index (χ1) is 11.4. The van der Waals surface area contributed by atoms with Gasteiger partial charge in [-0.1, -0.05) is 18.2 Å². The number of para-hydroxylation sites is 1. The maximum Gasteiger partial charge on any atom is 0.269 e. The largest absolute Gasteiger partial charge is 0.491 e. The highest BCUT2D eigenvalue weighted by molar-refractivity contribution is 9.10. The number of rotatable bonds is 4. The van der Waals surface area contributed by atoms with E-state index in [0.717, 1.165) is 10.9 Å². The van der Waals surface area contributed by atoms with Crippen molar-refractivity contribution in [3.8, 4) is 5.75 Å². The zero-order chi connectivity index (χ0) is 17.5. The number of ether oxygens (including phenoxy) is 1. The minimum atomic E-state index is -3.75. The Hall–Kier alpha value is -1.79. The second-order valence-corrected chi connectivity index (χ2v) is 8.18. The summed E-state index contributed by atoms with van der Waals surface area (Å²) in [6.07, 6.45) is 0. The van der Waals surface area contributed by atoms with Crippen LogP contribution in [0.1, 0.15) is 18.2 Å². The fourth-order valence-corrected chi connectivity index (χ4v) is 5.57. The molecule has 0 fully saturated rings. The van der Waals surface area contributed by atoms with Gasteiger partial charge in [0.1, 0.15) is 10.6 Å². The average molecular weight is 408 g/mol. The summed E-state index contributed by atoms with van der Waals surface area (Å²) in [5, 5.41) is 0.795. The van der Waals surface area contributed by atoms with Crippen LogP contribution in [0.4, 0.5) is 0 Å². The first-order valence-electron chi connectivity index (χ1n) is 7.62. The summed E-state index contributed by atoms with van der Waals surface area (Å²) in [6.45, 7) is 6.05. The smallest absolute Gasteiger partial charge is 0.269 e. The van der Waals surface area contributed by atoms with Gasteiger partial charge in [0.05, 0.1) is 17.8 Å². The normalized spacial score (nSPS) is 11.8. The van der Waals surface area contributed by atoms with Crippen LogP contribution in [0.2, 0.25) is 0 Å². The Balaban J connectivity index is 2.35. The van der Waals surface area contributed by atoms with E-state index in [0.29, 0.717) is 28.0 Å². The second kappa shape index (κ2) is 6.26. The molecule has 0 aliphatic carbocycles. The van der Waals surface area contributed by atoms with Gasteiger partial charge in [0.25, 0.3) is 10.0 Å². The van der Waals surface area contributed by atoms with Gasteiger partial charge in [-0.05, 0) is 66.5 Å². The number of nitrogens with zero attached hydrogens (tertiary/aromatic N) is 1. The van der Waals surface area contributed by atoms with Crippen molar-refractivity contribution in [1.82, 2.24) is 3.97 Å². The van der Waals surface area contributed by atoms with Gasteiger partial charge in [0.15, 0.2) is 0 Å². The summed E-state index contributed by atoms with van der Waals surface area (Å²) in [5.74, 6) is 0.611. The van der Waals surface area contributed by atoms with Crippen molar-refractivity contribution >= 4 is 36.9 Å².